The van der Waals surface area contributed by atoms with Crippen molar-refractivity contribution in [3.05, 3.63) is 35.4 Å². The first-order valence-corrected chi connectivity index (χ1v) is 5.99. The van der Waals surface area contributed by atoms with Gasteiger partial charge in [-0.3, -0.25) is 0 Å². The van der Waals surface area contributed by atoms with Crippen molar-refractivity contribution in [2.75, 3.05) is 13.7 Å². The lowest BCUT2D eigenvalue weighted by Crippen LogP contribution is -2.20. The number of rotatable bonds is 5. The number of esters is 3. The van der Waals surface area contributed by atoms with Crippen LogP contribution in [-0.4, -0.2) is 37.7 Å². The fourth-order valence-corrected chi connectivity index (χ4v) is 1.45. The summed E-state index contributed by atoms with van der Waals surface area (Å²) in [5.41, 5.74) is 0.119. The fraction of sp³-hybridized carbons (Fsp3) is 0.357. The summed E-state index contributed by atoms with van der Waals surface area (Å²) in [4.78, 5) is 34.6. The van der Waals surface area contributed by atoms with E-state index in [9.17, 15) is 14.4 Å². The van der Waals surface area contributed by atoms with E-state index < -0.39 is 24.5 Å². The third-order valence-corrected chi connectivity index (χ3v) is 2.24. The van der Waals surface area contributed by atoms with Gasteiger partial charge in [0.1, 0.15) is 0 Å². The number of hydrogen-bond donors (Lipinski definition) is 0. The Balaban J connectivity index is 2.73. The number of carbonyl (C=O) groups excluding carboxylic acids is 3. The van der Waals surface area contributed by atoms with Crippen molar-refractivity contribution in [2.24, 2.45) is 0 Å². The van der Waals surface area contributed by atoms with Gasteiger partial charge in [0, 0.05) is 0 Å². The minimum absolute atomic E-state index is 0.0386. The van der Waals surface area contributed by atoms with Gasteiger partial charge in [-0.05, 0) is 26.0 Å². The van der Waals surface area contributed by atoms with E-state index >= 15 is 0 Å². The summed E-state index contributed by atoms with van der Waals surface area (Å²) in [6.07, 6.45) is -0.288. The Kier molecular flexibility index (Phi) is 5.71. The summed E-state index contributed by atoms with van der Waals surface area (Å²) < 4.78 is 14.2. The molecular formula is C14H16O6. The van der Waals surface area contributed by atoms with Gasteiger partial charge >= 0.3 is 17.9 Å². The molecule has 0 radical (unpaired) electrons. The average molecular weight is 280 g/mol. The molecular weight excluding hydrogens is 264 g/mol. The van der Waals surface area contributed by atoms with Crippen LogP contribution in [0.25, 0.3) is 0 Å². The molecule has 0 aliphatic heterocycles. The molecule has 0 aliphatic carbocycles. The quantitative estimate of drug-likeness (QED) is 0.602. The second-order valence-corrected chi connectivity index (χ2v) is 4.15. The predicted molar refractivity (Wildman–Crippen MR) is 69.3 cm³/mol. The maximum Gasteiger partial charge on any atom is 0.344 e. The molecule has 108 valence electrons. The molecule has 1 rings (SSSR count). The summed E-state index contributed by atoms with van der Waals surface area (Å²) in [7, 11) is 1.21. The highest BCUT2D eigenvalue weighted by Gasteiger charge is 2.19. The van der Waals surface area contributed by atoms with Crippen molar-refractivity contribution in [2.45, 2.75) is 20.0 Å². The molecule has 0 spiro atoms. The number of hydrogen-bond acceptors (Lipinski definition) is 6. The van der Waals surface area contributed by atoms with E-state index in [1.54, 1.807) is 26.0 Å². The Morgan fingerprint density at radius 3 is 2.10 bits per heavy atom. The average Bonchev–Trinajstić information content (AvgIpc) is 2.43. The van der Waals surface area contributed by atoms with E-state index in [1.165, 1.54) is 19.2 Å². The number of benzene rings is 1. The highest BCUT2D eigenvalue weighted by atomic mass is 16.6. The Morgan fingerprint density at radius 1 is 1.05 bits per heavy atom. The molecule has 0 aromatic heterocycles. The second-order valence-electron chi connectivity index (χ2n) is 4.15. The molecule has 0 amide bonds. The van der Waals surface area contributed by atoms with Gasteiger partial charge in [0.05, 0.1) is 24.3 Å². The molecule has 0 unspecified atom stereocenters. The third kappa shape index (κ3) is 4.38. The highest BCUT2D eigenvalue weighted by Crippen LogP contribution is 2.11. The maximum atomic E-state index is 11.8. The zero-order chi connectivity index (χ0) is 15.1. The van der Waals surface area contributed by atoms with Gasteiger partial charge in [-0.15, -0.1) is 0 Å². The van der Waals surface area contributed by atoms with Crippen molar-refractivity contribution in [3.8, 4) is 0 Å². The van der Waals surface area contributed by atoms with Gasteiger partial charge in [-0.25, -0.2) is 14.4 Å². The van der Waals surface area contributed by atoms with Crippen molar-refractivity contribution < 1.29 is 28.6 Å². The predicted octanol–water partition coefficient (Wildman–Crippen LogP) is 1.58. The van der Waals surface area contributed by atoms with Gasteiger partial charge in [-0.2, -0.15) is 0 Å². The Bertz CT molecular complexity index is 506. The molecule has 0 saturated heterocycles. The molecule has 0 aliphatic rings. The molecule has 20 heavy (non-hydrogen) atoms. The Labute approximate surface area is 116 Å². The van der Waals surface area contributed by atoms with Crippen LogP contribution in [0.2, 0.25) is 0 Å². The van der Waals surface area contributed by atoms with Gasteiger partial charge in [0.15, 0.2) is 6.61 Å². The third-order valence-electron chi connectivity index (χ3n) is 2.24. The van der Waals surface area contributed by atoms with Crippen LogP contribution in [0.3, 0.4) is 0 Å². The van der Waals surface area contributed by atoms with E-state index in [0.29, 0.717) is 0 Å². The molecule has 1 aromatic rings. The highest BCUT2D eigenvalue weighted by molar-refractivity contribution is 6.03. The molecule has 0 heterocycles. The summed E-state index contributed by atoms with van der Waals surface area (Å²) in [5.74, 6) is -2.09. The minimum Gasteiger partial charge on any atom is -0.465 e. The van der Waals surface area contributed by atoms with Crippen LogP contribution in [0.5, 0.6) is 0 Å². The fourth-order valence-electron chi connectivity index (χ4n) is 1.45. The summed E-state index contributed by atoms with van der Waals surface area (Å²) in [6, 6.07) is 6.03. The minimum atomic E-state index is -0.785. The molecule has 1 aromatic carbocycles. The lowest BCUT2D eigenvalue weighted by Gasteiger charge is -2.09. The first-order valence-electron chi connectivity index (χ1n) is 5.99. The summed E-state index contributed by atoms with van der Waals surface area (Å²) >= 11 is 0. The van der Waals surface area contributed by atoms with E-state index in [0.717, 1.165) is 0 Å². The Morgan fingerprint density at radius 2 is 1.60 bits per heavy atom. The number of methoxy groups -OCH3 is 1. The van der Waals surface area contributed by atoms with Crippen LogP contribution in [0.15, 0.2) is 24.3 Å². The van der Waals surface area contributed by atoms with Crippen molar-refractivity contribution in [3.63, 3.8) is 0 Å². The molecule has 0 N–H and O–H groups in total. The SMILES string of the molecule is COC(=O)c1ccccc1C(=O)OCC(=O)OC(C)C. The van der Waals surface area contributed by atoms with E-state index in [4.69, 9.17) is 9.47 Å². The largest absolute Gasteiger partial charge is 0.465 e. The van der Waals surface area contributed by atoms with Crippen molar-refractivity contribution >= 4 is 17.9 Å². The first kappa shape index (κ1) is 15.7. The lowest BCUT2D eigenvalue weighted by molar-refractivity contribution is -0.150. The van der Waals surface area contributed by atoms with Crippen molar-refractivity contribution in [1.82, 2.24) is 0 Å². The smallest absolute Gasteiger partial charge is 0.344 e. The topological polar surface area (TPSA) is 78.9 Å². The lowest BCUT2D eigenvalue weighted by atomic mass is 10.1. The Hall–Kier alpha value is -2.37. The van der Waals surface area contributed by atoms with Crippen LogP contribution in [0.1, 0.15) is 34.6 Å². The van der Waals surface area contributed by atoms with Crippen LogP contribution < -0.4 is 0 Å². The van der Waals surface area contributed by atoms with Crippen LogP contribution in [0.4, 0.5) is 0 Å². The van der Waals surface area contributed by atoms with E-state index in [-0.39, 0.29) is 17.2 Å². The number of carbonyl (C=O) groups is 3. The van der Waals surface area contributed by atoms with Crippen LogP contribution in [0, 0.1) is 0 Å². The van der Waals surface area contributed by atoms with Crippen molar-refractivity contribution in [1.29, 1.82) is 0 Å². The van der Waals surface area contributed by atoms with Gasteiger partial charge < -0.3 is 14.2 Å². The molecule has 6 heteroatoms. The summed E-state index contributed by atoms with van der Waals surface area (Å²) in [5, 5.41) is 0. The number of ether oxygens (including phenoxy) is 3. The van der Waals surface area contributed by atoms with Gasteiger partial charge in [-0.1, -0.05) is 12.1 Å². The normalized spacial score (nSPS) is 10.0. The van der Waals surface area contributed by atoms with Crippen LogP contribution >= 0.6 is 0 Å². The van der Waals surface area contributed by atoms with E-state index in [1.807, 2.05) is 0 Å². The second kappa shape index (κ2) is 7.28. The van der Waals surface area contributed by atoms with Crippen LogP contribution in [-0.2, 0) is 19.0 Å². The van der Waals surface area contributed by atoms with E-state index in [2.05, 4.69) is 4.74 Å². The van der Waals surface area contributed by atoms with Gasteiger partial charge in [0.2, 0.25) is 0 Å². The molecule has 0 saturated carbocycles. The molecule has 0 fully saturated rings. The first-order chi connectivity index (χ1) is 9.45. The molecule has 0 atom stereocenters. The monoisotopic (exact) mass is 280 g/mol. The summed E-state index contributed by atoms with van der Waals surface area (Å²) in [6.45, 7) is 2.87. The zero-order valence-corrected chi connectivity index (χ0v) is 11.5. The molecule has 6 nitrogen and oxygen atoms in total. The maximum absolute atomic E-state index is 11.8. The van der Waals surface area contributed by atoms with Gasteiger partial charge in [0.25, 0.3) is 0 Å². The molecule has 0 bridgehead atoms. The zero-order valence-electron chi connectivity index (χ0n) is 11.5. The standard InChI is InChI=1S/C14H16O6/c1-9(2)20-12(15)8-19-14(17)11-7-5-4-6-10(11)13(16)18-3/h4-7,9H,8H2,1-3H3.